The minimum atomic E-state index is -3.63. The van der Waals surface area contributed by atoms with E-state index in [9.17, 15) is 17.6 Å². The van der Waals surface area contributed by atoms with Crippen LogP contribution >= 0.6 is 0 Å². The molecule has 2 aromatic carbocycles. The van der Waals surface area contributed by atoms with Crippen molar-refractivity contribution in [2.24, 2.45) is 0 Å². The molecule has 0 heterocycles. The second kappa shape index (κ2) is 6.33. The lowest BCUT2D eigenvalue weighted by molar-refractivity contribution is 0.102. The van der Waals surface area contributed by atoms with Crippen LogP contribution in [0.4, 0.5) is 10.1 Å². The van der Waals surface area contributed by atoms with Crippen LogP contribution in [0.15, 0.2) is 47.4 Å². The summed E-state index contributed by atoms with van der Waals surface area (Å²) in [6.45, 7) is 1.73. The lowest BCUT2D eigenvalue weighted by Gasteiger charge is -2.11. The fraction of sp³-hybridized carbons (Fsp3) is 0.235. The molecule has 1 aliphatic carbocycles. The van der Waals surface area contributed by atoms with E-state index in [0.29, 0.717) is 11.3 Å². The van der Waals surface area contributed by atoms with Gasteiger partial charge in [0.25, 0.3) is 5.91 Å². The molecule has 2 aromatic rings. The Kier molecular flexibility index (Phi) is 4.38. The number of benzene rings is 2. The van der Waals surface area contributed by atoms with Crippen molar-refractivity contribution in [1.82, 2.24) is 4.72 Å². The minimum absolute atomic E-state index is 0.00667. The summed E-state index contributed by atoms with van der Waals surface area (Å²) < 4.78 is 40.1. The number of hydrogen-bond donors (Lipinski definition) is 2. The lowest BCUT2D eigenvalue weighted by atomic mass is 10.1. The first-order valence-electron chi connectivity index (χ1n) is 7.55. The van der Waals surface area contributed by atoms with E-state index < -0.39 is 21.7 Å². The summed E-state index contributed by atoms with van der Waals surface area (Å²) in [6.07, 6.45) is 1.67. The molecule has 0 saturated heterocycles. The summed E-state index contributed by atoms with van der Waals surface area (Å²) in [5.41, 5.74) is 1.35. The number of carbonyl (C=O) groups excluding carboxylic acids is 1. The van der Waals surface area contributed by atoms with Crippen LogP contribution in [0.25, 0.3) is 0 Å². The monoisotopic (exact) mass is 348 g/mol. The molecule has 0 bridgehead atoms. The molecule has 5 nitrogen and oxygen atoms in total. The van der Waals surface area contributed by atoms with Crippen molar-refractivity contribution in [3.63, 3.8) is 0 Å². The number of amides is 1. The molecule has 3 rings (SSSR count). The van der Waals surface area contributed by atoms with Crippen LogP contribution in [-0.2, 0) is 10.0 Å². The predicted octanol–water partition coefficient (Wildman–Crippen LogP) is 2.83. The van der Waals surface area contributed by atoms with E-state index in [0.717, 1.165) is 12.8 Å². The van der Waals surface area contributed by atoms with Crippen molar-refractivity contribution in [2.45, 2.75) is 30.7 Å². The van der Waals surface area contributed by atoms with E-state index in [-0.39, 0.29) is 16.5 Å². The summed E-state index contributed by atoms with van der Waals surface area (Å²) in [5, 5.41) is 2.64. The lowest BCUT2D eigenvalue weighted by Crippen LogP contribution is -2.26. The van der Waals surface area contributed by atoms with Gasteiger partial charge in [-0.25, -0.2) is 17.5 Å². The second-order valence-corrected chi connectivity index (χ2v) is 7.55. The first kappa shape index (κ1) is 16.6. The Morgan fingerprint density at radius 3 is 2.42 bits per heavy atom. The SMILES string of the molecule is Cc1ccc(S(=O)(=O)NC2CC2)cc1C(=O)Nc1ccc(F)cc1. The highest BCUT2D eigenvalue weighted by molar-refractivity contribution is 7.89. The number of aryl methyl sites for hydroxylation is 1. The average molecular weight is 348 g/mol. The molecule has 126 valence electrons. The van der Waals surface area contributed by atoms with Gasteiger partial charge in [-0.15, -0.1) is 0 Å². The molecule has 1 amide bonds. The minimum Gasteiger partial charge on any atom is -0.322 e. The van der Waals surface area contributed by atoms with Gasteiger partial charge in [0.2, 0.25) is 10.0 Å². The number of hydrogen-bond acceptors (Lipinski definition) is 3. The highest BCUT2D eigenvalue weighted by Crippen LogP contribution is 2.23. The fourth-order valence-electron chi connectivity index (χ4n) is 2.23. The van der Waals surface area contributed by atoms with Crippen molar-refractivity contribution in [3.8, 4) is 0 Å². The first-order valence-corrected chi connectivity index (χ1v) is 9.03. The van der Waals surface area contributed by atoms with Crippen molar-refractivity contribution < 1.29 is 17.6 Å². The Bertz CT molecular complexity index is 875. The van der Waals surface area contributed by atoms with Gasteiger partial charge in [-0.2, -0.15) is 0 Å². The topological polar surface area (TPSA) is 75.3 Å². The van der Waals surface area contributed by atoms with Crippen LogP contribution in [-0.4, -0.2) is 20.4 Å². The summed E-state index contributed by atoms with van der Waals surface area (Å²) >= 11 is 0. The van der Waals surface area contributed by atoms with Crippen LogP contribution in [0.3, 0.4) is 0 Å². The molecule has 0 radical (unpaired) electrons. The van der Waals surface area contributed by atoms with Crippen LogP contribution < -0.4 is 10.0 Å². The maximum absolute atomic E-state index is 12.9. The zero-order valence-electron chi connectivity index (χ0n) is 13.0. The van der Waals surface area contributed by atoms with E-state index >= 15 is 0 Å². The van der Waals surface area contributed by atoms with E-state index in [2.05, 4.69) is 10.0 Å². The van der Waals surface area contributed by atoms with Gasteiger partial charge in [0.05, 0.1) is 4.90 Å². The number of halogens is 1. The average Bonchev–Trinajstić information content (AvgIpc) is 3.33. The quantitative estimate of drug-likeness (QED) is 0.872. The maximum Gasteiger partial charge on any atom is 0.255 e. The van der Waals surface area contributed by atoms with Gasteiger partial charge in [-0.3, -0.25) is 4.79 Å². The van der Waals surface area contributed by atoms with Crippen molar-refractivity contribution in [2.75, 3.05) is 5.32 Å². The second-order valence-electron chi connectivity index (χ2n) is 5.83. The highest BCUT2D eigenvalue weighted by Gasteiger charge is 2.28. The van der Waals surface area contributed by atoms with Crippen LogP contribution in [0.2, 0.25) is 0 Å². The van der Waals surface area contributed by atoms with Crippen molar-refractivity contribution in [3.05, 3.63) is 59.4 Å². The van der Waals surface area contributed by atoms with E-state index in [1.165, 1.54) is 36.4 Å². The van der Waals surface area contributed by atoms with Gasteiger partial charge in [0, 0.05) is 17.3 Å². The molecule has 0 aromatic heterocycles. The summed E-state index contributed by atoms with van der Waals surface area (Å²) in [7, 11) is -3.63. The number of nitrogens with one attached hydrogen (secondary N) is 2. The zero-order chi connectivity index (χ0) is 17.3. The third-order valence-electron chi connectivity index (χ3n) is 3.77. The highest BCUT2D eigenvalue weighted by atomic mass is 32.2. The Balaban J connectivity index is 1.85. The Labute approximate surface area is 139 Å². The molecule has 0 aliphatic heterocycles. The molecular formula is C17H17FN2O3S. The number of carbonyl (C=O) groups is 1. The molecule has 24 heavy (non-hydrogen) atoms. The molecule has 0 atom stereocenters. The maximum atomic E-state index is 12.9. The molecule has 0 unspecified atom stereocenters. The van der Waals surface area contributed by atoms with E-state index in [1.54, 1.807) is 13.0 Å². The van der Waals surface area contributed by atoms with Crippen molar-refractivity contribution in [1.29, 1.82) is 0 Å². The molecule has 1 fully saturated rings. The summed E-state index contributed by atoms with van der Waals surface area (Å²) in [5.74, 6) is -0.842. The molecule has 2 N–H and O–H groups in total. The molecule has 1 saturated carbocycles. The van der Waals surface area contributed by atoms with Gasteiger partial charge >= 0.3 is 0 Å². The molecule has 0 spiro atoms. The van der Waals surface area contributed by atoms with Gasteiger partial charge in [0.15, 0.2) is 0 Å². The van der Waals surface area contributed by atoms with E-state index in [4.69, 9.17) is 0 Å². The van der Waals surface area contributed by atoms with E-state index in [1.807, 2.05) is 0 Å². The van der Waals surface area contributed by atoms with Crippen LogP contribution in [0.1, 0.15) is 28.8 Å². The smallest absolute Gasteiger partial charge is 0.255 e. The third kappa shape index (κ3) is 3.80. The summed E-state index contributed by atoms with van der Waals surface area (Å²) in [6, 6.07) is 9.80. The Morgan fingerprint density at radius 2 is 1.79 bits per heavy atom. The molecular weight excluding hydrogens is 331 g/mol. The zero-order valence-corrected chi connectivity index (χ0v) is 13.9. The Hall–Kier alpha value is -2.25. The molecule has 1 aliphatic rings. The number of sulfonamides is 1. The van der Waals surface area contributed by atoms with Gasteiger partial charge < -0.3 is 5.32 Å². The van der Waals surface area contributed by atoms with Gasteiger partial charge in [-0.05, 0) is 61.7 Å². The predicted molar refractivity (Wildman–Crippen MR) is 88.9 cm³/mol. The molecule has 7 heteroatoms. The van der Waals surface area contributed by atoms with Crippen LogP contribution in [0, 0.1) is 12.7 Å². The third-order valence-corrected chi connectivity index (χ3v) is 5.28. The standard InChI is InChI=1S/C17H17FN2O3S/c1-11-2-9-15(24(22,23)20-14-7-8-14)10-16(11)17(21)19-13-5-3-12(18)4-6-13/h2-6,9-10,14,20H,7-8H2,1H3,(H,19,21). The normalized spacial score (nSPS) is 14.4. The fourth-order valence-corrected chi connectivity index (χ4v) is 3.56. The van der Waals surface area contributed by atoms with Gasteiger partial charge in [0.1, 0.15) is 5.82 Å². The van der Waals surface area contributed by atoms with Gasteiger partial charge in [-0.1, -0.05) is 6.07 Å². The largest absolute Gasteiger partial charge is 0.322 e. The number of rotatable bonds is 5. The Morgan fingerprint density at radius 1 is 1.12 bits per heavy atom. The first-order chi connectivity index (χ1) is 11.3. The van der Waals surface area contributed by atoms with Crippen LogP contribution in [0.5, 0.6) is 0 Å². The van der Waals surface area contributed by atoms with Crippen molar-refractivity contribution >= 4 is 21.6 Å². The number of anilines is 1. The summed E-state index contributed by atoms with van der Waals surface area (Å²) in [4.78, 5) is 12.5.